The van der Waals surface area contributed by atoms with Crippen molar-refractivity contribution in [3.8, 4) is 11.5 Å². The fourth-order valence-electron chi connectivity index (χ4n) is 2.50. The number of amides is 1. The topological polar surface area (TPSA) is 77.0 Å². The number of esters is 1. The number of nitrogens with one attached hydrogen (secondary N) is 1. The van der Waals surface area contributed by atoms with E-state index in [9.17, 15) is 9.59 Å². The average molecular weight is 579 g/mol. The molecule has 0 saturated carbocycles. The molecule has 0 saturated heterocycles. The Balaban J connectivity index is 1.74. The quantitative estimate of drug-likeness (QED) is 0.146. The number of methoxy groups -OCH3 is 1. The van der Waals surface area contributed by atoms with Crippen LogP contribution in [0.25, 0.3) is 0 Å². The first kappa shape index (κ1) is 22.0. The third kappa shape index (κ3) is 5.67. The third-order valence-corrected chi connectivity index (χ3v) is 5.22. The predicted octanol–water partition coefficient (Wildman–Crippen LogP) is 5.05. The Morgan fingerprint density at radius 1 is 1.03 bits per heavy atom. The summed E-state index contributed by atoms with van der Waals surface area (Å²) >= 11 is 5.38. The Bertz CT molecular complexity index is 1100. The van der Waals surface area contributed by atoms with E-state index in [0.717, 1.165) is 4.47 Å². The van der Waals surface area contributed by atoms with Crippen LogP contribution in [0.2, 0.25) is 0 Å². The normalized spacial score (nSPS) is 10.6. The number of rotatable bonds is 6. The van der Waals surface area contributed by atoms with E-state index < -0.39 is 5.97 Å². The summed E-state index contributed by atoms with van der Waals surface area (Å²) in [5.41, 5.74) is 4.08. The lowest BCUT2D eigenvalue weighted by Crippen LogP contribution is -2.17. The van der Waals surface area contributed by atoms with Crippen molar-refractivity contribution in [2.75, 3.05) is 7.11 Å². The number of carbonyl (C=O) groups is 2. The van der Waals surface area contributed by atoms with Crippen molar-refractivity contribution in [1.82, 2.24) is 5.43 Å². The maximum absolute atomic E-state index is 12.4. The number of hydrazone groups is 1. The van der Waals surface area contributed by atoms with Crippen LogP contribution in [0.1, 0.15) is 26.3 Å². The van der Waals surface area contributed by atoms with Crippen molar-refractivity contribution in [3.05, 3.63) is 91.5 Å². The molecule has 30 heavy (non-hydrogen) atoms. The lowest BCUT2D eigenvalue weighted by atomic mass is 10.2. The standard InChI is InChI=1S/C22H16BrIN2O4/c1-29-19-11-14(13-25-26-21(27)16-8-5-9-17(23)12-16)10-18(24)20(19)30-22(28)15-6-3-2-4-7-15/h2-13H,1H3,(H,26,27)/b25-13-. The van der Waals surface area contributed by atoms with Gasteiger partial charge in [0.1, 0.15) is 0 Å². The average Bonchev–Trinajstić information content (AvgIpc) is 2.75. The highest BCUT2D eigenvalue weighted by Crippen LogP contribution is 2.34. The summed E-state index contributed by atoms with van der Waals surface area (Å²) in [6.07, 6.45) is 1.49. The highest BCUT2D eigenvalue weighted by molar-refractivity contribution is 14.1. The highest BCUT2D eigenvalue weighted by atomic mass is 127. The Hall–Kier alpha value is -2.72. The van der Waals surface area contributed by atoms with Crippen LogP contribution >= 0.6 is 38.5 Å². The summed E-state index contributed by atoms with van der Waals surface area (Å²) < 4.78 is 12.4. The van der Waals surface area contributed by atoms with Gasteiger partial charge in [-0.25, -0.2) is 10.2 Å². The second kappa shape index (κ2) is 10.4. The van der Waals surface area contributed by atoms with Crippen LogP contribution in [-0.4, -0.2) is 25.2 Å². The summed E-state index contributed by atoms with van der Waals surface area (Å²) in [5, 5.41) is 4.00. The van der Waals surface area contributed by atoms with Gasteiger partial charge in [-0.1, -0.05) is 40.2 Å². The molecule has 0 fully saturated rings. The van der Waals surface area contributed by atoms with Crippen LogP contribution in [0.3, 0.4) is 0 Å². The Kier molecular flexibility index (Phi) is 7.58. The second-order valence-corrected chi connectivity index (χ2v) is 8.08. The molecule has 0 unspecified atom stereocenters. The molecule has 3 aromatic rings. The molecule has 3 aromatic carbocycles. The van der Waals surface area contributed by atoms with Gasteiger partial charge in [0.05, 0.1) is 22.5 Å². The minimum absolute atomic E-state index is 0.322. The zero-order valence-corrected chi connectivity index (χ0v) is 19.5. The maximum Gasteiger partial charge on any atom is 0.343 e. The van der Waals surface area contributed by atoms with E-state index >= 15 is 0 Å². The Morgan fingerprint density at radius 3 is 2.47 bits per heavy atom. The van der Waals surface area contributed by atoms with Crippen molar-refractivity contribution in [3.63, 3.8) is 0 Å². The lowest BCUT2D eigenvalue weighted by molar-refractivity contribution is 0.0728. The SMILES string of the molecule is COc1cc(/C=N\NC(=O)c2cccc(Br)c2)cc(I)c1OC(=O)c1ccccc1. The largest absolute Gasteiger partial charge is 0.493 e. The van der Waals surface area contributed by atoms with Crippen molar-refractivity contribution in [2.45, 2.75) is 0 Å². The van der Waals surface area contributed by atoms with Crippen molar-refractivity contribution in [2.24, 2.45) is 5.10 Å². The second-order valence-electron chi connectivity index (χ2n) is 6.00. The molecule has 0 aromatic heterocycles. The summed E-state index contributed by atoms with van der Waals surface area (Å²) in [5.74, 6) is -0.106. The first-order valence-corrected chi connectivity index (χ1v) is 10.6. The predicted molar refractivity (Wildman–Crippen MR) is 126 cm³/mol. The smallest absolute Gasteiger partial charge is 0.343 e. The molecule has 0 radical (unpaired) electrons. The first-order valence-electron chi connectivity index (χ1n) is 8.71. The van der Waals surface area contributed by atoms with E-state index in [4.69, 9.17) is 9.47 Å². The molecule has 0 heterocycles. The lowest BCUT2D eigenvalue weighted by Gasteiger charge is -2.12. The highest BCUT2D eigenvalue weighted by Gasteiger charge is 2.16. The summed E-state index contributed by atoms with van der Waals surface area (Å²) in [7, 11) is 1.49. The van der Waals surface area contributed by atoms with Crippen LogP contribution in [-0.2, 0) is 0 Å². The number of carbonyl (C=O) groups excluding carboxylic acids is 2. The zero-order chi connectivity index (χ0) is 21.5. The maximum atomic E-state index is 12.4. The minimum atomic E-state index is -0.477. The molecule has 1 N–H and O–H groups in total. The molecular formula is C22H16BrIN2O4. The molecule has 0 aliphatic carbocycles. The molecule has 0 aliphatic rings. The van der Waals surface area contributed by atoms with E-state index in [1.807, 2.05) is 12.1 Å². The monoisotopic (exact) mass is 578 g/mol. The Labute approximate surface area is 195 Å². The van der Waals surface area contributed by atoms with Crippen LogP contribution in [0.5, 0.6) is 11.5 Å². The van der Waals surface area contributed by atoms with Gasteiger partial charge in [-0.2, -0.15) is 5.10 Å². The van der Waals surface area contributed by atoms with Gasteiger partial charge in [0, 0.05) is 10.0 Å². The van der Waals surface area contributed by atoms with E-state index in [1.54, 1.807) is 54.6 Å². The van der Waals surface area contributed by atoms with E-state index in [1.165, 1.54) is 13.3 Å². The van der Waals surface area contributed by atoms with Crippen molar-refractivity contribution < 1.29 is 19.1 Å². The van der Waals surface area contributed by atoms with Crippen LogP contribution in [0.4, 0.5) is 0 Å². The molecule has 3 rings (SSSR count). The number of benzene rings is 3. The van der Waals surface area contributed by atoms with Gasteiger partial charge in [0.2, 0.25) is 0 Å². The van der Waals surface area contributed by atoms with Crippen LogP contribution in [0.15, 0.2) is 76.3 Å². The van der Waals surface area contributed by atoms with Crippen LogP contribution < -0.4 is 14.9 Å². The van der Waals surface area contributed by atoms with Gasteiger partial charge in [-0.15, -0.1) is 0 Å². The number of hydrogen-bond donors (Lipinski definition) is 1. The van der Waals surface area contributed by atoms with Gasteiger partial charge in [0.25, 0.3) is 5.91 Å². The molecule has 1 amide bonds. The summed E-state index contributed by atoms with van der Waals surface area (Å²) in [6, 6.07) is 19.1. The fraction of sp³-hybridized carbons (Fsp3) is 0.0455. The summed E-state index contributed by atoms with van der Waals surface area (Å²) in [6.45, 7) is 0. The number of hydrogen-bond acceptors (Lipinski definition) is 5. The summed E-state index contributed by atoms with van der Waals surface area (Å²) in [4.78, 5) is 24.5. The third-order valence-electron chi connectivity index (χ3n) is 3.92. The molecule has 0 bridgehead atoms. The van der Waals surface area contributed by atoms with Gasteiger partial charge < -0.3 is 9.47 Å². The minimum Gasteiger partial charge on any atom is -0.493 e. The molecule has 0 spiro atoms. The molecule has 8 heteroatoms. The van der Waals surface area contributed by atoms with E-state index in [0.29, 0.717) is 31.8 Å². The van der Waals surface area contributed by atoms with Gasteiger partial charge in [-0.3, -0.25) is 4.79 Å². The van der Waals surface area contributed by atoms with Crippen LogP contribution in [0, 0.1) is 3.57 Å². The molecule has 0 atom stereocenters. The van der Waals surface area contributed by atoms with Gasteiger partial charge in [0.15, 0.2) is 11.5 Å². The molecule has 0 aliphatic heterocycles. The number of halogens is 2. The fourth-order valence-corrected chi connectivity index (χ4v) is 3.63. The van der Waals surface area contributed by atoms with Gasteiger partial charge >= 0.3 is 5.97 Å². The molecule has 6 nitrogen and oxygen atoms in total. The zero-order valence-electron chi connectivity index (χ0n) is 15.8. The molecular weight excluding hydrogens is 563 g/mol. The van der Waals surface area contributed by atoms with Crippen molar-refractivity contribution >= 4 is 56.6 Å². The van der Waals surface area contributed by atoms with Crippen molar-refractivity contribution in [1.29, 1.82) is 0 Å². The molecule has 152 valence electrons. The Morgan fingerprint density at radius 2 is 1.77 bits per heavy atom. The van der Waals surface area contributed by atoms with E-state index in [-0.39, 0.29) is 5.91 Å². The first-order chi connectivity index (χ1) is 14.5. The number of nitrogens with zero attached hydrogens (tertiary/aromatic N) is 1. The van der Waals surface area contributed by atoms with Gasteiger partial charge in [-0.05, 0) is 70.6 Å². The van der Waals surface area contributed by atoms with E-state index in [2.05, 4.69) is 49.0 Å². The number of ether oxygens (including phenoxy) is 2.